The lowest BCUT2D eigenvalue weighted by Gasteiger charge is -2.23. The Morgan fingerprint density at radius 2 is 1.29 bits per heavy atom. The predicted molar refractivity (Wildman–Crippen MR) is 165 cm³/mol. The molecular formula is C33H61NO8. The highest BCUT2D eigenvalue weighted by Crippen LogP contribution is 2.23. The topological polar surface area (TPSA) is 108 Å². The van der Waals surface area contributed by atoms with Gasteiger partial charge in [0.05, 0.1) is 39.5 Å². The van der Waals surface area contributed by atoms with Crippen molar-refractivity contribution in [3.63, 3.8) is 0 Å². The zero-order valence-corrected chi connectivity index (χ0v) is 27.6. The summed E-state index contributed by atoms with van der Waals surface area (Å²) < 4.78 is 21.4. The Balaban J connectivity index is 4.48. The maximum atomic E-state index is 12.6. The average Bonchev–Trinajstić information content (AvgIpc) is 2.96. The number of hydrogen-bond donors (Lipinski definition) is 0. The van der Waals surface area contributed by atoms with E-state index in [1.54, 1.807) is 13.8 Å². The number of hydrogen-bond acceptors (Lipinski definition) is 9. The van der Waals surface area contributed by atoms with Crippen LogP contribution in [0.2, 0.25) is 0 Å². The molecule has 0 aliphatic carbocycles. The number of rotatable bonds is 28. The third kappa shape index (κ3) is 22.6. The van der Waals surface area contributed by atoms with Gasteiger partial charge < -0.3 is 18.9 Å². The summed E-state index contributed by atoms with van der Waals surface area (Å²) >= 11 is 0. The Bertz CT molecular complexity index is 729. The van der Waals surface area contributed by atoms with Gasteiger partial charge in [0.15, 0.2) is 5.78 Å². The second kappa shape index (κ2) is 26.6. The molecule has 0 saturated carbocycles. The first kappa shape index (κ1) is 40.0. The molecular weight excluding hydrogens is 538 g/mol. The number of unbranched alkanes of at least 4 members (excludes halogenated alkanes) is 6. The van der Waals surface area contributed by atoms with Gasteiger partial charge >= 0.3 is 17.9 Å². The number of esters is 3. The summed E-state index contributed by atoms with van der Waals surface area (Å²) in [6.07, 6.45) is 12.2. The number of ketones is 1. The van der Waals surface area contributed by atoms with Crippen LogP contribution in [0.4, 0.5) is 0 Å². The van der Waals surface area contributed by atoms with Crippen molar-refractivity contribution < 1.29 is 38.1 Å². The van der Waals surface area contributed by atoms with Crippen LogP contribution in [-0.2, 0) is 38.1 Å². The summed E-state index contributed by atoms with van der Waals surface area (Å²) in [6.45, 7) is 13.2. The summed E-state index contributed by atoms with van der Waals surface area (Å²) in [4.78, 5) is 50.1. The summed E-state index contributed by atoms with van der Waals surface area (Å²) in [6, 6.07) is 0. The average molecular weight is 600 g/mol. The molecule has 0 saturated heterocycles. The first-order valence-electron chi connectivity index (χ1n) is 16.4. The van der Waals surface area contributed by atoms with Crippen molar-refractivity contribution in [1.82, 2.24) is 4.90 Å². The largest absolute Gasteiger partial charge is 0.465 e. The lowest BCUT2D eigenvalue weighted by atomic mass is 9.87. The third-order valence-electron chi connectivity index (χ3n) is 7.56. The molecule has 0 aromatic carbocycles. The summed E-state index contributed by atoms with van der Waals surface area (Å²) in [7, 11) is 0. The maximum Gasteiger partial charge on any atom is 0.320 e. The lowest BCUT2D eigenvalue weighted by Crippen LogP contribution is -2.40. The molecule has 0 aliphatic heterocycles. The number of carbonyl (C=O) groups excluding carboxylic acids is 4. The molecule has 0 bridgehead atoms. The van der Waals surface area contributed by atoms with Crippen LogP contribution in [0.15, 0.2) is 0 Å². The van der Waals surface area contributed by atoms with E-state index in [1.165, 1.54) is 30.6 Å². The van der Waals surface area contributed by atoms with E-state index in [1.807, 2.05) is 6.92 Å². The van der Waals surface area contributed by atoms with Gasteiger partial charge in [0.25, 0.3) is 0 Å². The maximum absolute atomic E-state index is 12.6. The van der Waals surface area contributed by atoms with Crippen LogP contribution in [0.1, 0.15) is 119 Å². The molecule has 0 fully saturated rings. The molecule has 0 aromatic rings. The van der Waals surface area contributed by atoms with Crippen molar-refractivity contribution in [2.75, 3.05) is 52.7 Å². The van der Waals surface area contributed by atoms with Crippen molar-refractivity contribution in [1.29, 1.82) is 0 Å². The van der Waals surface area contributed by atoms with E-state index in [2.05, 4.69) is 20.8 Å². The molecule has 0 radical (unpaired) electrons. The van der Waals surface area contributed by atoms with E-state index in [9.17, 15) is 19.2 Å². The van der Waals surface area contributed by atoms with Gasteiger partial charge in [-0.2, -0.15) is 0 Å². The fraction of sp³-hybridized carbons (Fsp3) is 0.879. The van der Waals surface area contributed by atoms with Crippen molar-refractivity contribution in [3.05, 3.63) is 0 Å². The Morgan fingerprint density at radius 3 is 1.93 bits per heavy atom. The van der Waals surface area contributed by atoms with E-state index in [-0.39, 0.29) is 57.1 Å². The molecule has 0 N–H and O–H groups in total. The first-order chi connectivity index (χ1) is 20.2. The van der Waals surface area contributed by atoms with Gasteiger partial charge in [-0.25, -0.2) is 0 Å². The highest BCUT2D eigenvalue weighted by atomic mass is 16.5. The Kier molecular flexibility index (Phi) is 25.3. The Morgan fingerprint density at radius 1 is 0.667 bits per heavy atom. The van der Waals surface area contributed by atoms with Crippen LogP contribution < -0.4 is 0 Å². The summed E-state index contributed by atoms with van der Waals surface area (Å²) in [5.74, 6) is -0.269. The standard InChI is InChI=1S/C33H61NO8/c1-7-11-12-13-14-17-20-39-26-30(35)21-34(22-32(37)40-10-4)23-33(38)41-24-27(5)18-15-16-19-29(28(6)8-2)25-42-31(36)9-3/h27-29H,7-26H2,1-6H3. The van der Waals surface area contributed by atoms with Crippen LogP contribution in [0, 0.1) is 17.8 Å². The minimum absolute atomic E-state index is 0.0424. The molecule has 0 amide bonds. The molecule has 42 heavy (non-hydrogen) atoms. The van der Waals surface area contributed by atoms with Crippen molar-refractivity contribution in [2.45, 2.75) is 119 Å². The minimum Gasteiger partial charge on any atom is -0.465 e. The molecule has 0 rings (SSSR count). The van der Waals surface area contributed by atoms with Crippen LogP contribution in [0.5, 0.6) is 0 Å². The van der Waals surface area contributed by atoms with Gasteiger partial charge in [-0.1, -0.05) is 86.0 Å². The highest BCUT2D eigenvalue weighted by Gasteiger charge is 2.21. The molecule has 9 heteroatoms. The second-order valence-corrected chi connectivity index (χ2v) is 11.6. The fourth-order valence-corrected chi connectivity index (χ4v) is 4.64. The second-order valence-electron chi connectivity index (χ2n) is 11.6. The van der Waals surface area contributed by atoms with E-state index in [4.69, 9.17) is 18.9 Å². The quantitative estimate of drug-likeness (QED) is 0.0594. The molecule has 0 aliphatic rings. The Labute approximate surface area is 255 Å². The molecule has 9 nitrogen and oxygen atoms in total. The Hall–Kier alpha value is -2.00. The van der Waals surface area contributed by atoms with Gasteiger partial charge in [0.1, 0.15) is 6.61 Å². The van der Waals surface area contributed by atoms with E-state index in [0.29, 0.717) is 31.5 Å². The van der Waals surface area contributed by atoms with Crippen LogP contribution in [-0.4, -0.2) is 81.3 Å². The van der Waals surface area contributed by atoms with E-state index in [0.717, 1.165) is 44.9 Å². The van der Waals surface area contributed by atoms with Crippen LogP contribution >= 0.6 is 0 Å². The summed E-state index contributed by atoms with van der Waals surface area (Å²) in [5, 5.41) is 0. The minimum atomic E-state index is -0.486. The third-order valence-corrected chi connectivity index (χ3v) is 7.56. The van der Waals surface area contributed by atoms with Gasteiger partial charge in [0.2, 0.25) is 0 Å². The van der Waals surface area contributed by atoms with Crippen molar-refractivity contribution in [3.8, 4) is 0 Å². The molecule has 0 heterocycles. The highest BCUT2D eigenvalue weighted by molar-refractivity contribution is 5.83. The SMILES string of the molecule is CCCCCCCCOCC(=O)CN(CC(=O)OCC)CC(=O)OCC(C)CCCCC(COC(=O)CC)C(C)CC. The zero-order valence-electron chi connectivity index (χ0n) is 27.6. The fourth-order valence-electron chi connectivity index (χ4n) is 4.64. The van der Waals surface area contributed by atoms with Crippen LogP contribution in [0.3, 0.4) is 0 Å². The number of ether oxygens (including phenoxy) is 4. The molecule has 0 aromatic heterocycles. The number of carbonyl (C=O) groups is 4. The van der Waals surface area contributed by atoms with E-state index < -0.39 is 11.9 Å². The first-order valence-corrected chi connectivity index (χ1v) is 16.4. The van der Waals surface area contributed by atoms with Crippen molar-refractivity contribution in [2.24, 2.45) is 17.8 Å². The van der Waals surface area contributed by atoms with Gasteiger partial charge in [-0.05, 0) is 43.9 Å². The normalized spacial score (nSPS) is 13.4. The molecule has 0 spiro atoms. The summed E-state index contributed by atoms with van der Waals surface area (Å²) in [5.41, 5.74) is 0. The number of Topliss-reactive ketones (excluding diaryl/α,β-unsaturated/α-hetero) is 1. The lowest BCUT2D eigenvalue weighted by molar-refractivity contribution is -0.150. The number of nitrogens with zero attached hydrogens (tertiary/aromatic N) is 1. The molecule has 3 atom stereocenters. The van der Waals surface area contributed by atoms with Gasteiger partial charge in [-0.15, -0.1) is 0 Å². The predicted octanol–water partition coefficient (Wildman–Crippen LogP) is 6.15. The molecule has 3 unspecified atom stereocenters. The van der Waals surface area contributed by atoms with Crippen LogP contribution in [0.25, 0.3) is 0 Å². The monoisotopic (exact) mass is 599 g/mol. The zero-order chi connectivity index (χ0) is 31.6. The van der Waals surface area contributed by atoms with Gasteiger partial charge in [-0.3, -0.25) is 24.1 Å². The molecule has 246 valence electrons. The van der Waals surface area contributed by atoms with Gasteiger partial charge in [0, 0.05) is 13.0 Å². The smallest absolute Gasteiger partial charge is 0.320 e. The van der Waals surface area contributed by atoms with Crippen molar-refractivity contribution >= 4 is 23.7 Å². The van der Waals surface area contributed by atoms with E-state index >= 15 is 0 Å².